The molecule has 57 heavy (non-hydrogen) atoms. The van der Waals surface area contributed by atoms with E-state index >= 15 is 0 Å². The highest BCUT2D eigenvalue weighted by Crippen LogP contribution is 2.56. The Hall–Kier alpha value is -7.00. The van der Waals surface area contributed by atoms with Crippen molar-refractivity contribution in [3.8, 4) is 33.4 Å². The van der Waals surface area contributed by atoms with Crippen molar-refractivity contribution >= 4 is 48.6 Å². The van der Waals surface area contributed by atoms with Crippen LogP contribution in [0, 0.1) is 0 Å². The minimum Gasteiger partial charge on any atom is -0.310 e. The highest BCUT2D eigenvalue weighted by molar-refractivity contribution is 7.25. The van der Waals surface area contributed by atoms with Crippen LogP contribution in [-0.4, -0.2) is 0 Å². The molecule has 0 radical (unpaired) electrons. The van der Waals surface area contributed by atoms with E-state index in [1.807, 2.05) is 11.3 Å². The van der Waals surface area contributed by atoms with Crippen molar-refractivity contribution in [3.63, 3.8) is 0 Å². The first kappa shape index (κ1) is 33.3. The number of nitrogens with zero attached hydrogens (tertiary/aromatic N) is 1. The molecular formula is C55H37NS. The van der Waals surface area contributed by atoms with Gasteiger partial charge in [0.1, 0.15) is 0 Å². The molecule has 0 fully saturated rings. The van der Waals surface area contributed by atoms with E-state index in [0.717, 1.165) is 17.1 Å². The average molecular weight is 744 g/mol. The summed E-state index contributed by atoms with van der Waals surface area (Å²) in [5.74, 6) is 0. The first-order chi connectivity index (χ1) is 28.3. The van der Waals surface area contributed by atoms with E-state index in [1.54, 1.807) is 0 Å². The third kappa shape index (κ3) is 5.44. The minimum atomic E-state index is -0.442. The lowest BCUT2D eigenvalue weighted by atomic mass is 9.68. The van der Waals surface area contributed by atoms with Gasteiger partial charge in [0.05, 0.1) is 5.41 Å². The van der Waals surface area contributed by atoms with Crippen molar-refractivity contribution in [1.82, 2.24) is 0 Å². The Labute approximate surface area is 337 Å². The Morgan fingerprint density at radius 3 is 1.49 bits per heavy atom. The molecule has 0 saturated carbocycles. The summed E-state index contributed by atoms with van der Waals surface area (Å²) in [5, 5.41) is 2.58. The standard InChI is InChI=1S/C55H37NS/c1-3-14-38(15-4-1)40-16-13-17-41(36-40)39-26-30-44(31-27-39)56(46-34-35-54-50(37-46)49-22-9-12-25-53(49)57-54)45-32-28-43(29-33-45)55(42-18-5-2-6-19-42)51-23-10-7-20-47(51)48-21-8-11-24-52(48)55/h1-37H. The van der Waals surface area contributed by atoms with Crippen LogP contribution < -0.4 is 4.90 Å². The smallest absolute Gasteiger partial charge is 0.0713 e. The van der Waals surface area contributed by atoms with Gasteiger partial charge >= 0.3 is 0 Å². The van der Waals surface area contributed by atoms with Gasteiger partial charge in [0.25, 0.3) is 0 Å². The van der Waals surface area contributed by atoms with E-state index in [-0.39, 0.29) is 0 Å². The molecule has 1 aromatic heterocycles. The average Bonchev–Trinajstić information content (AvgIpc) is 3.81. The maximum Gasteiger partial charge on any atom is 0.0713 e. The minimum absolute atomic E-state index is 0.442. The molecule has 0 bridgehead atoms. The van der Waals surface area contributed by atoms with Gasteiger partial charge in [-0.3, -0.25) is 0 Å². The second kappa shape index (κ2) is 13.6. The molecule has 10 aromatic rings. The van der Waals surface area contributed by atoms with Crippen LogP contribution in [0.4, 0.5) is 17.1 Å². The molecule has 0 unspecified atom stereocenters. The van der Waals surface area contributed by atoms with Crippen LogP contribution in [0.25, 0.3) is 53.6 Å². The van der Waals surface area contributed by atoms with Crippen LogP contribution in [0.3, 0.4) is 0 Å². The quantitative estimate of drug-likeness (QED) is 0.157. The third-order valence-corrected chi connectivity index (χ3v) is 12.9. The lowest BCUT2D eigenvalue weighted by Crippen LogP contribution is -2.28. The van der Waals surface area contributed by atoms with E-state index in [2.05, 4.69) is 229 Å². The topological polar surface area (TPSA) is 3.24 Å². The Balaban J connectivity index is 1.06. The zero-order valence-electron chi connectivity index (χ0n) is 31.2. The molecular weight excluding hydrogens is 707 g/mol. The Morgan fingerprint density at radius 2 is 0.807 bits per heavy atom. The summed E-state index contributed by atoms with van der Waals surface area (Å²) >= 11 is 1.86. The number of rotatable bonds is 7. The van der Waals surface area contributed by atoms with Gasteiger partial charge in [0, 0.05) is 37.2 Å². The predicted octanol–water partition coefficient (Wildman–Crippen LogP) is 15.2. The fraction of sp³-hybridized carbons (Fsp3) is 0.0182. The monoisotopic (exact) mass is 743 g/mol. The molecule has 2 heteroatoms. The molecule has 0 spiro atoms. The van der Waals surface area contributed by atoms with Gasteiger partial charge < -0.3 is 4.90 Å². The van der Waals surface area contributed by atoms with E-state index in [0.29, 0.717) is 0 Å². The number of fused-ring (bicyclic) bond motifs is 6. The zero-order chi connectivity index (χ0) is 37.8. The van der Waals surface area contributed by atoms with Crippen molar-refractivity contribution in [1.29, 1.82) is 0 Å². The molecule has 0 amide bonds. The summed E-state index contributed by atoms with van der Waals surface area (Å²) in [7, 11) is 0. The number of anilines is 3. The summed E-state index contributed by atoms with van der Waals surface area (Å²) in [6, 6.07) is 82.4. The molecule has 0 saturated heterocycles. The number of thiophene rings is 1. The van der Waals surface area contributed by atoms with Crippen molar-refractivity contribution < 1.29 is 0 Å². The molecule has 9 aromatic carbocycles. The largest absolute Gasteiger partial charge is 0.310 e. The molecule has 1 aliphatic rings. The van der Waals surface area contributed by atoms with Gasteiger partial charge in [-0.05, 0) is 110 Å². The SMILES string of the molecule is c1ccc(-c2cccc(-c3ccc(N(c4ccc(C5(c6ccccc6)c6ccccc6-c6ccccc65)cc4)c4ccc5sc6ccccc6c5c4)cc3)c2)cc1. The van der Waals surface area contributed by atoms with Crippen molar-refractivity contribution in [2.45, 2.75) is 5.41 Å². The molecule has 1 heterocycles. The van der Waals surface area contributed by atoms with E-state index in [1.165, 1.54) is 75.8 Å². The Bertz CT molecular complexity index is 3010. The zero-order valence-corrected chi connectivity index (χ0v) is 32.0. The third-order valence-electron chi connectivity index (χ3n) is 11.8. The lowest BCUT2D eigenvalue weighted by Gasteiger charge is -2.34. The van der Waals surface area contributed by atoms with Gasteiger partial charge in [0.2, 0.25) is 0 Å². The van der Waals surface area contributed by atoms with Gasteiger partial charge in [-0.25, -0.2) is 0 Å². The van der Waals surface area contributed by atoms with Crippen molar-refractivity contribution in [3.05, 3.63) is 247 Å². The Kier molecular flexibility index (Phi) is 7.98. The van der Waals surface area contributed by atoms with E-state index in [4.69, 9.17) is 0 Å². The van der Waals surface area contributed by atoms with Crippen LogP contribution in [0.15, 0.2) is 224 Å². The molecule has 0 aliphatic heterocycles. The summed E-state index contributed by atoms with van der Waals surface area (Å²) < 4.78 is 2.61. The second-order valence-corrected chi connectivity index (χ2v) is 15.9. The van der Waals surface area contributed by atoms with E-state index in [9.17, 15) is 0 Å². The van der Waals surface area contributed by atoms with Crippen molar-refractivity contribution in [2.24, 2.45) is 0 Å². The van der Waals surface area contributed by atoms with Crippen LogP contribution >= 0.6 is 11.3 Å². The van der Waals surface area contributed by atoms with Gasteiger partial charge in [-0.2, -0.15) is 0 Å². The highest BCUT2D eigenvalue weighted by Gasteiger charge is 2.45. The normalized spacial score (nSPS) is 12.7. The number of benzene rings is 9. The highest BCUT2D eigenvalue weighted by atomic mass is 32.1. The lowest BCUT2D eigenvalue weighted by molar-refractivity contribution is 0.768. The summed E-state index contributed by atoms with van der Waals surface area (Å²) in [6.07, 6.45) is 0. The molecule has 0 N–H and O–H groups in total. The van der Waals surface area contributed by atoms with Crippen molar-refractivity contribution in [2.75, 3.05) is 4.90 Å². The van der Waals surface area contributed by atoms with E-state index < -0.39 is 5.41 Å². The molecule has 1 nitrogen and oxygen atoms in total. The van der Waals surface area contributed by atoms with Gasteiger partial charge in [-0.15, -0.1) is 11.3 Å². The number of hydrogen-bond donors (Lipinski definition) is 0. The second-order valence-electron chi connectivity index (χ2n) is 14.9. The maximum atomic E-state index is 2.41. The molecule has 11 rings (SSSR count). The van der Waals surface area contributed by atoms with Gasteiger partial charge in [0.15, 0.2) is 0 Å². The fourth-order valence-corrected chi connectivity index (χ4v) is 10.3. The Morgan fingerprint density at radius 1 is 0.316 bits per heavy atom. The van der Waals surface area contributed by atoms with Gasteiger partial charge in [-0.1, -0.05) is 170 Å². The number of hydrogen-bond acceptors (Lipinski definition) is 2. The first-order valence-corrected chi connectivity index (χ1v) is 20.4. The summed E-state index contributed by atoms with van der Waals surface area (Å²) in [4.78, 5) is 2.41. The summed E-state index contributed by atoms with van der Waals surface area (Å²) in [6.45, 7) is 0. The summed E-state index contributed by atoms with van der Waals surface area (Å²) in [5.41, 5.74) is 15.5. The molecule has 268 valence electrons. The predicted molar refractivity (Wildman–Crippen MR) is 242 cm³/mol. The van der Waals surface area contributed by atoms with Crippen LogP contribution in [0.1, 0.15) is 22.3 Å². The molecule has 0 atom stereocenters. The maximum absolute atomic E-state index is 2.41. The van der Waals surface area contributed by atoms with Crippen LogP contribution in [0.2, 0.25) is 0 Å². The van der Waals surface area contributed by atoms with Crippen LogP contribution in [0.5, 0.6) is 0 Å². The van der Waals surface area contributed by atoms with Crippen LogP contribution in [-0.2, 0) is 5.41 Å². The molecule has 1 aliphatic carbocycles. The first-order valence-electron chi connectivity index (χ1n) is 19.6. The fourth-order valence-electron chi connectivity index (χ4n) is 9.18.